The highest BCUT2D eigenvalue weighted by Crippen LogP contribution is 2.19. The Morgan fingerprint density at radius 1 is 0.722 bits per heavy atom. The maximum Gasteiger partial charge on any atom is -0.0322 e. The van der Waals surface area contributed by atoms with E-state index >= 15 is 0 Å². The summed E-state index contributed by atoms with van der Waals surface area (Å²) in [5.74, 6) is 0.796. The smallest absolute Gasteiger partial charge is 0.0322 e. The van der Waals surface area contributed by atoms with E-state index in [0.717, 1.165) is 18.8 Å². The van der Waals surface area contributed by atoms with Crippen LogP contribution in [0.4, 0.5) is 0 Å². The van der Waals surface area contributed by atoms with Gasteiger partial charge in [0.1, 0.15) is 0 Å². The molecule has 0 saturated carbocycles. The zero-order chi connectivity index (χ0) is 13.5. The van der Waals surface area contributed by atoms with Crippen molar-refractivity contribution in [3.8, 4) is 0 Å². The van der Waals surface area contributed by atoms with Crippen LogP contribution in [0.15, 0.2) is 25.3 Å². The monoisotopic (exact) mass is 250 g/mol. The second-order valence-corrected chi connectivity index (χ2v) is 5.53. The van der Waals surface area contributed by atoms with Crippen LogP contribution in [0.2, 0.25) is 0 Å². The maximum atomic E-state index is 3.84. The average molecular weight is 250 g/mol. The van der Waals surface area contributed by atoms with Crippen LogP contribution in [-0.2, 0) is 0 Å². The van der Waals surface area contributed by atoms with Crippen molar-refractivity contribution in [2.75, 3.05) is 0 Å². The Hall–Kier alpha value is -0.520. The molecule has 0 saturated heterocycles. The van der Waals surface area contributed by atoms with E-state index in [1.165, 1.54) is 64.2 Å². The van der Waals surface area contributed by atoms with Gasteiger partial charge in [-0.05, 0) is 25.2 Å². The van der Waals surface area contributed by atoms with Gasteiger partial charge >= 0.3 is 0 Å². The molecule has 0 bridgehead atoms. The van der Waals surface area contributed by atoms with Crippen LogP contribution in [-0.4, -0.2) is 0 Å². The van der Waals surface area contributed by atoms with Crippen LogP contribution in [0.3, 0.4) is 0 Å². The van der Waals surface area contributed by atoms with E-state index in [1.807, 2.05) is 0 Å². The minimum Gasteiger partial charge on any atom is -0.103 e. The molecule has 18 heavy (non-hydrogen) atoms. The van der Waals surface area contributed by atoms with E-state index in [2.05, 4.69) is 32.2 Å². The molecule has 0 spiro atoms. The highest BCUT2D eigenvalue weighted by atomic mass is 14.1. The molecule has 0 unspecified atom stereocenters. The lowest BCUT2D eigenvalue weighted by Crippen LogP contribution is -1.97. The van der Waals surface area contributed by atoms with E-state index < -0.39 is 0 Å². The number of unbranched alkanes of at least 4 members (excludes halogenated alkanes) is 8. The van der Waals surface area contributed by atoms with Crippen LogP contribution in [0.1, 0.15) is 84.0 Å². The number of hydrogen-bond acceptors (Lipinski definition) is 0. The van der Waals surface area contributed by atoms with Gasteiger partial charge in [-0.1, -0.05) is 76.9 Å². The van der Waals surface area contributed by atoms with Gasteiger partial charge in [0, 0.05) is 0 Å². The molecule has 0 fully saturated rings. The van der Waals surface area contributed by atoms with Gasteiger partial charge in [0.05, 0.1) is 0 Å². The lowest BCUT2D eigenvalue weighted by atomic mass is 9.94. The predicted molar refractivity (Wildman–Crippen MR) is 85.0 cm³/mol. The molecule has 0 heterocycles. The average Bonchev–Trinajstić information content (AvgIpc) is 2.37. The highest BCUT2D eigenvalue weighted by Gasteiger charge is 2.04. The van der Waals surface area contributed by atoms with Crippen LogP contribution >= 0.6 is 0 Å². The number of hydrogen-bond donors (Lipinski definition) is 0. The first-order valence-electron chi connectivity index (χ1n) is 8.06. The second kappa shape index (κ2) is 14.5. The molecule has 106 valence electrons. The molecule has 0 aliphatic carbocycles. The van der Waals surface area contributed by atoms with Crippen molar-refractivity contribution in [3.63, 3.8) is 0 Å². The molecule has 0 aliphatic rings. The van der Waals surface area contributed by atoms with E-state index in [1.54, 1.807) is 0 Å². The summed E-state index contributed by atoms with van der Waals surface area (Å²) in [6, 6.07) is 0. The lowest BCUT2D eigenvalue weighted by Gasteiger charge is -2.12. The molecule has 0 rings (SSSR count). The minimum absolute atomic E-state index is 0.796. The van der Waals surface area contributed by atoms with Crippen molar-refractivity contribution in [1.29, 1.82) is 0 Å². The third-order valence-corrected chi connectivity index (χ3v) is 3.72. The van der Waals surface area contributed by atoms with E-state index in [9.17, 15) is 0 Å². The Labute approximate surface area is 116 Å². The molecule has 0 aromatic rings. The fourth-order valence-electron chi connectivity index (χ4n) is 2.55. The van der Waals surface area contributed by atoms with Gasteiger partial charge in [-0.15, -0.1) is 13.2 Å². The summed E-state index contributed by atoms with van der Waals surface area (Å²) in [6.45, 7) is 9.96. The molecule has 0 amide bonds. The summed E-state index contributed by atoms with van der Waals surface area (Å²) in [4.78, 5) is 0. The van der Waals surface area contributed by atoms with Gasteiger partial charge in [0.2, 0.25) is 0 Å². The van der Waals surface area contributed by atoms with Crippen molar-refractivity contribution in [3.05, 3.63) is 25.3 Å². The third kappa shape index (κ3) is 12.0. The summed E-state index contributed by atoms with van der Waals surface area (Å²) in [7, 11) is 0. The fourth-order valence-corrected chi connectivity index (χ4v) is 2.55. The first-order valence-corrected chi connectivity index (χ1v) is 8.06. The van der Waals surface area contributed by atoms with Crippen molar-refractivity contribution in [2.45, 2.75) is 84.0 Å². The van der Waals surface area contributed by atoms with Gasteiger partial charge in [-0.3, -0.25) is 0 Å². The molecule has 0 heteroatoms. The Balaban J connectivity index is 3.26. The van der Waals surface area contributed by atoms with E-state index in [0.29, 0.717) is 0 Å². The van der Waals surface area contributed by atoms with Crippen molar-refractivity contribution in [1.82, 2.24) is 0 Å². The Morgan fingerprint density at radius 2 is 1.17 bits per heavy atom. The zero-order valence-electron chi connectivity index (χ0n) is 12.6. The van der Waals surface area contributed by atoms with Gasteiger partial charge in [-0.2, -0.15) is 0 Å². The zero-order valence-corrected chi connectivity index (χ0v) is 12.6. The molecular formula is C18H34. The molecule has 0 nitrogen and oxygen atoms in total. The Morgan fingerprint density at radius 3 is 1.61 bits per heavy atom. The molecular weight excluding hydrogens is 216 g/mol. The Bertz CT molecular complexity index is 170. The third-order valence-electron chi connectivity index (χ3n) is 3.72. The normalized spacial score (nSPS) is 10.8. The van der Waals surface area contributed by atoms with Gasteiger partial charge in [0.15, 0.2) is 0 Å². The van der Waals surface area contributed by atoms with Crippen LogP contribution < -0.4 is 0 Å². The van der Waals surface area contributed by atoms with Crippen LogP contribution in [0.5, 0.6) is 0 Å². The molecule has 0 aliphatic heterocycles. The molecule has 0 aromatic heterocycles. The lowest BCUT2D eigenvalue weighted by molar-refractivity contribution is 0.457. The molecule has 0 radical (unpaired) electrons. The van der Waals surface area contributed by atoms with E-state index in [4.69, 9.17) is 0 Å². The number of rotatable bonds is 14. The van der Waals surface area contributed by atoms with Gasteiger partial charge in [0.25, 0.3) is 0 Å². The van der Waals surface area contributed by atoms with Crippen LogP contribution in [0, 0.1) is 5.92 Å². The summed E-state index contributed by atoms with van der Waals surface area (Å²) >= 11 is 0. The molecule has 0 atom stereocenters. The standard InChI is InChI=1S/C18H34/c1-4-7-8-9-10-11-12-13-14-17-18(15-5-2)16-6-3/h5-6,18H,2-4,7-17H2,1H3. The maximum absolute atomic E-state index is 3.84. The van der Waals surface area contributed by atoms with Gasteiger partial charge in [-0.25, -0.2) is 0 Å². The quantitative estimate of drug-likeness (QED) is 0.238. The summed E-state index contributed by atoms with van der Waals surface area (Å²) in [5.41, 5.74) is 0. The fraction of sp³-hybridized carbons (Fsp3) is 0.778. The SMILES string of the molecule is C=CCC(CC=C)CCCCCCCCCCC. The predicted octanol–water partition coefficient (Wildman–Crippen LogP) is 6.68. The van der Waals surface area contributed by atoms with Crippen LogP contribution in [0.25, 0.3) is 0 Å². The summed E-state index contributed by atoms with van der Waals surface area (Å²) in [5, 5.41) is 0. The summed E-state index contributed by atoms with van der Waals surface area (Å²) < 4.78 is 0. The van der Waals surface area contributed by atoms with Crippen molar-refractivity contribution >= 4 is 0 Å². The minimum atomic E-state index is 0.796. The highest BCUT2D eigenvalue weighted by molar-refractivity contribution is 4.79. The molecule has 0 aromatic carbocycles. The first-order chi connectivity index (χ1) is 8.85. The Kier molecular flexibility index (Phi) is 14.1. The first kappa shape index (κ1) is 17.5. The second-order valence-electron chi connectivity index (χ2n) is 5.53. The topological polar surface area (TPSA) is 0 Å². The number of allylic oxidation sites excluding steroid dienone is 2. The van der Waals surface area contributed by atoms with Gasteiger partial charge < -0.3 is 0 Å². The molecule has 0 N–H and O–H groups in total. The largest absolute Gasteiger partial charge is 0.103 e. The van der Waals surface area contributed by atoms with E-state index in [-0.39, 0.29) is 0 Å². The van der Waals surface area contributed by atoms with Crippen molar-refractivity contribution < 1.29 is 0 Å². The van der Waals surface area contributed by atoms with Crippen molar-refractivity contribution in [2.24, 2.45) is 5.92 Å². The summed E-state index contributed by atoms with van der Waals surface area (Å²) in [6.07, 6.45) is 20.6.